The van der Waals surface area contributed by atoms with Crippen LogP contribution in [-0.4, -0.2) is 5.91 Å². The molecule has 0 bridgehead atoms. The van der Waals surface area contributed by atoms with Crippen molar-refractivity contribution in [3.63, 3.8) is 0 Å². The van der Waals surface area contributed by atoms with Gasteiger partial charge < -0.3 is 10.1 Å². The van der Waals surface area contributed by atoms with Gasteiger partial charge in [-0.15, -0.1) is 0 Å². The highest BCUT2D eigenvalue weighted by atomic mass is 35.5. The van der Waals surface area contributed by atoms with Gasteiger partial charge in [0.2, 0.25) is 0 Å². The summed E-state index contributed by atoms with van der Waals surface area (Å²) in [5.41, 5.74) is 1.32. The van der Waals surface area contributed by atoms with E-state index in [1.165, 1.54) is 6.26 Å². The van der Waals surface area contributed by atoms with E-state index in [1.54, 1.807) is 24.3 Å². The van der Waals surface area contributed by atoms with Gasteiger partial charge in [0.25, 0.3) is 5.91 Å². The number of rotatable bonds is 5. The van der Waals surface area contributed by atoms with Crippen LogP contribution in [0.2, 0.25) is 5.02 Å². The van der Waals surface area contributed by atoms with Crippen molar-refractivity contribution in [2.45, 2.75) is 13.3 Å². The van der Waals surface area contributed by atoms with E-state index in [9.17, 15) is 4.79 Å². The summed E-state index contributed by atoms with van der Waals surface area (Å²) in [5, 5.41) is 3.47. The minimum Gasteiger partial charge on any atom is -0.465 e. The molecule has 2 aromatic carbocycles. The van der Waals surface area contributed by atoms with Gasteiger partial charge in [-0.25, -0.2) is 0 Å². The van der Waals surface area contributed by atoms with Crippen LogP contribution in [0.5, 0.6) is 5.75 Å². The van der Waals surface area contributed by atoms with Crippen LogP contribution in [0.25, 0.3) is 0 Å². The van der Waals surface area contributed by atoms with Gasteiger partial charge in [-0.3, -0.25) is 4.79 Å². The number of ether oxygens (including phenoxy) is 1. The van der Waals surface area contributed by atoms with Gasteiger partial charge >= 0.3 is 0 Å². The highest BCUT2D eigenvalue weighted by Gasteiger charge is 2.08. The summed E-state index contributed by atoms with van der Waals surface area (Å²) in [4.78, 5) is 12.1. The lowest BCUT2D eigenvalue weighted by Gasteiger charge is -2.08. The van der Waals surface area contributed by atoms with Crippen molar-refractivity contribution in [3.8, 4) is 5.75 Å². The van der Waals surface area contributed by atoms with Gasteiger partial charge in [0.15, 0.2) is 0 Å². The molecule has 0 fully saturated rings. The van der Waals surface area contributed by atoms with E-state index < -0.39 is 0 Å². The molecular weight excluding hydrogens is 286 g/mol. The average Bonchev–Trinajstić information content (AvgIpc) is 2.51. The molecule has 0 radical (unpaired) electrons. The molecule has 0 saturated heterocycles. The standard InChI is InChI=1S/C17H16ClNO2/c1-2-13(12-21-16-10-8-14(18)9-11-16)17(20)19-15-6-4-3-5-7-15/h3-12H,2H2,1H3,(H,19,20)/b13-12+. The molecule has 0 aliphatic rings. The Labute approximate surface area is 129 Å². The summed E-state index contributed by atoms with van der Waals surface area (Å²) < 4.78 is 5.49. The van der Waals surface area contributed by atoms with Crippen LogP contribution in [0.3, 0.4) is 0 Å². The molecule has 21 heavy (non-hydrogen) atoms. The zero-order valence-electron chi connectivity index (χ0n) is 11.7. The fraction of sp³-hybridized carbons (Fsp3) is 0.118. The Morgan fingerprint density at radius 2 is 1.81 bits per heavy atom. The lowest BCUT2D eigenvalue weighted by molar-refractivity contribution is -0.113. The number of amides is 1. The van der Waals surface area contributed by atoms with Crippen molar-refractivity contribution in [2.75, 3.05) is 5.32 Å². The van der Waals surface area contributed by atoms with Crippen LogP contribution in [-0.2, 0) is 4.79 Å². The zero-order valence-corrected chi connectivity index (χ0v) is 12.4. The second kappa shape index (κ2) is 7.50. The normalized spacial score (nSPS) is 11.0. The smallest absolute Gasteiger partial charge is 0.254 e. The Balaban J connectivity index is 2.02. The molecule has 3 nitrogen and oxygen atoms in total. The minimum atomic E-state index is -0.169. The van der Waals surface area contributed by atoms with Crippen molar-refractivity contribution in [1.29, 1.82) is 0 Å². The first-order valence-electron chi connectivity index (χ1n) is 6.66. The third-order valence-electron chi connectivity index (χ3n) is 2.86. The molecule has 0 aromatic heterocycles. The van der Waals surface area contributed by atoms with E-state index in [-0.39, 0.29) is 5.91 Å². The third-order valence-corrected chi connectivity index (χ3v) is 3.11. The van der Waals surface area contributed by atoms with Crippen molar-refractivity contribution in [2.24, 2.45) is 0 Å². The molecule has 0 aliphatic heterocycles. The van der Waals surface area contributed by atoms with Crippen molar-refractivity contribution in [3.05, 3.63) is 71.5 Å². The van der Waals surface area contributed by atoms with Crippen molar-refractivity contribution >= 4 is 23.2 Å². The number of nitrogens with one attached hydrogen (secondary N) is 1. The number of anilines is 1. The molecular formula is C17H16ClNO2. The van der Waals surface area contributed by atoms with E-state index in [4.69, 9.17) is 16.3 Å². The van der Waals surface area contributed by atoms with Crippen LogP contribution in [0.15, 0.2) is 66.4 Å². The minimum absolute atomic E-state index is 0.169. The van der Waals surface area contributed by atoms with Crippen LogP contribution < -0.4 is 10.1 Å². The molecule has 2 aromatic rings. The third kappa shape index (κ3) is 4.65. The fourth-order valence-electron chi connectivity index (χ4n) is 1.68. The summed E-state index contributed by atoms with van der Waals surface area (Å²) in [7, 11) is 0. The second-order valence-corrected chi connectivity index (χ2v) is 4.82. The van der Waals surface area contributed by atoms with Crippen LogP contribution >= 0.6 is 11.6 Å². The maximum atomic E-state index is 12.1. The molecule has 108 valence electrons. The molecule has 1 N–H and O–H groups in total. The molecule has 1 amide bonds. The van der Waals surface area contributed by atoms with Crippen LogP contribution in [0.4, 0.5) is 5.69 Å². The Hall–Kier alpha value is -2.26. The molecule has 0 aliphatic carbocycles. The number of hydrogen-bond acceptors (Lipinski definition) is 2. The topological polar surface area (TPSA) is 38.3 Å². The Morgan fingerprint density at radius 3 is 2.43 bits per heavy atom. The first kappa shape index (κ1) is 15.1. The summed E-state index contributed by atoms with van der Waals surface area (Å²) in [5.74, 6) is 0.468. The maximum Gasteiger partial charge on any atom is 0.254 e. The number of benzene rings is 2. The van der Waals surface area contributed by atoms with Crippen LogP contribution in [0.1, 0.15) is 13.3 Å². The molecule has 2 rings (SSSR count). The predicted octanol–water partition coefficient (Wildman–Crippen LogP) is 4.65. The Bertz CT molecular complexity index is 621. The number of hydrogen-bond donors (Lipinski definition) is 1. The zero-order chi connectivity index (χ0) is 15.1. The first-order valence-corrected chi connectivity index (χ1v) is 7.04. The molecule has 0 atom stereocenters. The van der Waals surface area contributed by atoms with Gasteiger partial charge in [0.1, 0.15) is 5.75 Å². The van der Waals surface area contributed by atoms with Gasteiger partial charge in [0, 0.05) is 10.7 Å². The van der Waals surface area contributed by atoms with E-state index in [1.807, 2.05) is 37.3 Å². The summed E-state index contributed by atoms with van der Waals surface area (Å²) in [6.45, 7) is 1.90. The van der Waals surface area contributed by atoms with E-state index in [0.29, 0.717) is 22.8 Å². The highest BCUT2D eigenvalue weighted by molar-refractivity contribution is 6.30. The predicted molar refractivity (Wildman–Crippen MR) is 85.5 cm³/mol. The molecule has 4 heteroatoms. The molecule has 0 heterocycles. The van der Waals surface area contributed by atoms with Gasteiger partial charge in [-0.2, -0.15) is 0 Å². The van der Waals surface area contributed by atoms with Crippen molar-refractivity contribution < 1.29 is 9.53 Å². The molecule has 0 saturated carbocycles. The van der Waals surface area contributed by atoms with Gasteiger partial charge in [-0.1, -0.05) is 36.7 Å². The van der Waals surface area contributed by atoms with Crippen molar-refractivity contribution in [1.82, 2.24) is 0 Å². The number of carbonyl (C=O) groups is 1. The molecule has 0 spiro atoms. The Kier molecular flexibility index (Phi) is 5.41. The Morgan fingerprint density at radius 1 is 1.14 bits per heavy atom. The maximum absolute atomic E-state index is 12.1. The quantitative estimate of drug-likeness (QED) is 0.645. The number of carbonyl (C=O) groups excluding carboxylic acids is 1. The second-order valence-electron chi connectivity index (χ2n) is 4.39. The largest absolute Gasteiger partial charge is 0.465 e. The SMILES string of the molecule is CC/C(=C\Oc1ccc(Cl)cc1)C(=O)Nc1ccccc1. The van der Waals surface area contributed by atoms with Gasteiger partial charge in [0.05, 0.1) is 11.8 Å². The average molecular weight is 302 g/mol. The monoisotopic (exact) mass is 301 g/mol. The van der Waals surface area contributed by atoms with Crippen LogP contribution in [0, 0.1) is 0 Å². The molecule has 0 unspecified atom stereocenters. The lowest BCUT2D eigenvalue weighted by Crippen LogP contribution is -2.14. The number of para-hydroxylation sites is 1. The summed E-state index contributed by atoms with van der Waals surface area (Å²) in [6, 6.07) is 16.3. The summed E-state index contributed by atoms with van der Waals surface area (Å²) >= 11 is 5.81. The fourth-order valence-corrected chi connectivity index (χ4v) is 1.81. The van der Waals surface area contributed by atoms with Gasteiger partial charge in [-0.05, 0) is 42.8 Å². The highest BCUT2D eigenvalue weighted by Crippen LogP contribution is 2.17. The van der Waals surface area contributed by atoms with E-state index in [0.717, 1.165) is 5.69 Å². The lowest BCUT2D eigenvalue weighted by atomic mass is 10.2. The van der Waals surface area contributed by atoms with E-state index in [2.05, 4.69) is 5.32 Å². The van der Waals surface area contributed by atoms with E-state index >= 15 is 0 Å². The number of halogens is 1. The summed E-state index contributed by atoms with van der Waals surface area (Å²) in [6.07, 6.45) is 2.05. The first-order chi connectivity index (χ1) is 10.2.